The van der Waals surface area contributed by atoms with Crippen molar-refractivity contribution < 1.29 is 22.0 Å². The summed E-state index contributed by atoms with van der Waals surface area (Å²) in [7, 11) is -3.13. The summed E-state index contributed by atoms with van der Waals surface area (Å²) in [6.07, 6.45) is 2.77. The van der Waals surface area contributed by atoms with Gasteiger partial charge in [0.05, 0.1) is 34.4 Å². The lowest BCUT2D eigenvalue weighted by molar-refractivity contribution is -0.120. The van der Waals surface area contributed by atoms with E-state index in [1.165, 1.54) is 11.2 Å². The Hall–Kier alpha value is -2.85. The predicted molar refractivity (Wildman–Crippen MR) is 120 cm³/mol. The Morgan fingerprint density at radius 1 is 1.15 bits per heavy atom. The molecule has 2 aliphatic rings. The summed E-state index contributed by atoms with van der Waals surface area (Å²) in [5.41, 5.74) is 8.26. The molecule has 3 aromatic rings. The standard InChI is InChI=1S/C23H24F2N4O3S/c1-33(31,32)8-2-7-28-19-4-3-14(12-26)9-18(19)27-21(28)13-29-20-11-17(25)16(24)10-15(20)23(5-6-23)22(29)30/h3-4,9-11H,2,5-8,12-13,26H2,1H3. The SMILES string of the molecule is CS(=O)(=O)CCCn1c(CN2C(=O)C3(CC3)c3cc(F)c(F)cc32)nc2cc(CN)ccc21. The first-order valence-electron chi connectivity index (χ1n) is 10.8. The van der Waals surface area contributed by atoms with Gasteiger partial charge in [0.25, 0.3) is 0 Å². The number of nitrogens with zero attached hydrogens (tertiary/aromatic N) is 3. The molecule has 33 heavy (non-hydrogen) atoms. The zero-order valence-corrected chi connectivity index (χ0v) is 19.0. The maximum absolute atomic E-state index is 14.1. The highest BCUT2D eigenvalue weighted by molar-refractivity contribution is 7.90. The fraction of sp³-hybridized carbons (Fsp3) is 0.391. The first-order chi connectivity index (χ1) is 15.6. The Labute approximate surface area is 190 Å². The lowest BCUT2D eigenvalue weighted by Gasteiger charge is -2.19. The number of anilines is 1. The second-order valence-electron chi connectivity index (χ2n) is 8.95. The van der Waals surface area contributed by atoms with E-state index in [1.54, 1.807) is 0 Å². The molecule has 0 radical (unpaired) electrons. The number of aryl methyl sites for hydroxylation is 1. The fourth-order valence-corrected chi connectivity index (χ4v) is 5.39. The molecule has 10 heteroatoms. The molecule has 2 aromatic carbocycles. The molecule has 1 aromatic heterocycles. The summed E-state index contributed by atoms with van der Waals surface area (Å²) in [6.45, 7) is 0.806. The molecule has 2 heterocycles. The Morgan fingerprint density at radius 3 is 2.55 bits per heavy atom. The van der Waals surface area contributed by atoms with Crippen LogP contribution in [0, 0.1) is 11.6 Å². The zero-order chi connectivity index (χ0) is 23.5. The number of benzene rings is 2. The average molecular weight is 475 g/mol. The van der Waals surface area contributed by atoms with Crippen LogP contribution in [0.3, 0.4) is 0 Å². The first-order valence-corrected chi connectivity index (χ1v) is 12.9. The predicted octanol–water partition coefficient (Wildman–Crippen LogP) is 2.79. The summed E-state index contributed by atoms with van der Waals surface area (Å²) in [4.78, 5) is 19.5. The molecule has 174 valence electrons. The minimum Gasteiger partial charge on any atom is -0.326 e. The molecule has 7 nitrogen and oxygen atoms in total. The number of hydrogen-bond donors (Lipinski definition) is 1. The molecule has 1 spiro atoms. The van der Waals surface area contributed by atoms with Gasteiger partial charge in [0.1, 0.15) is 15.7 Å². The minimum atomic E-state index is -3.13. The quantitative estimate of drug-likeness (QED) is 0.568. The topological polar surface area (TPSA) is 98.3 Å². The van der Waals surface area contributed by atoms with Crippen LogP contribution in [0.1, 0.15) is 36.2 Å². The molecular weight excluding hydrogens is 450 g/mol. The van der Waals surface area contributed by atoms with Gasteiger partial charge in [-0.2, -0.15) is 0 Å². The molecule has 0 unspecified atom stereocenters. The van der Waals surface area contributed by atoms with Crippen molar-refractivity contribution in [3.63, 3.8) is 0 Å². The van der Waals surface area contributed by atoms with Gasteiger partial charge in [0.15, 0.2) is 11.6 Å². The van der Waals surface area contributed by atoms with E-state index in [1.807, 2.05) is 22.8 Å². The van der Waals surface area contributed by atoms with Gasteiger partial charge in [0.2, 0.25) is 5.91 Å². The highest BCUT2D eigenvalue weighted by atomic mass is 32.2. The fourth-order valence-electron chi connectivity index (χ4n) is 4.74. The zero-order valence-electron chi connectivity index (χ0n) is 18.1. The number of aromatic nitrogens is 2. The molecule has 0 bridgehead atoms. The van der Waals surface area contributed by atoms with Gasteiger partial charge in [-0.3, -0.25) is 4.79 Å². The molecule has 0 atom stereocenters. The minimum absolute atomic E-state index is 0.0199. The number of amides is 1. The second-order valence-corrected chi connectivity index (χ2v) is 11.2. The second kappa shape index (κ2) is 7.59. The van der Waals surface area contributed by atoms with Crippen molar-refractivity contribution in [1.82, 2.24) is 9.55 Å². The summed E-state index contributed by atoms with van der Waals surface area (Å²) in [5.74, 6) is -1.57. The molecular formula is C23H24F2N4O3S. The molecule has 1 saturated carbocycles. The number of hydrogen-bond acceptors (Lipinski definition) is 5. The number of imidazole rings is 1. The average Bonchev–Trinajstić information content (AvgIpc) is 3.46. The summed E-state index contributed by atoms with van der Waals surface area (Å²) in [5, 5.41) is 0. The van der Waals surface area contributed by atoms with Crippen molar-refractivity contribution in [1.29, 1.82) is 0 Å². The van der Waals surface area contributed by atoms with E-state index in [9.17, 15) is 22.0 Å². The smallest absolute Gasteiger partial charge is 0.238 e. The number of carbonyl (C=O) groups is 1. The maximum atomic E-state index is 14.1. The van der Waals surface area contributed by atoms with E-state index in [0.29, 0.717) is 54.9 Å². The monoisotopic (exact) mass is 474 g/mol. The van der Waals surface area contributed by atoms with Crippen molar-refractivity contribution >= 4 is 32.5 Å². The number of fused-ring (bicyclic) bond motifs is 3. The van der Waals surface area contributed by atoms with Crippen LogP contribution in [-0.2, 0) is 39.7 Å². The largest absolute Gasteiger partial charge is 0.326 e. The number of sulfone groups is 1. The van der Waals surface area contributed by atoms with E-state index < -0.39 is 26.9 Å². The number of rotatable bonds is 7. The molecule has 2 N–H and O–H groups in total. The van der Waals surface area contributed by atoms with Crippen LogP contribution < -0.4 is 10.6 Å². The Balaban J connectivity index is 1.55. The highest BCUT2D eigenvalue weighted by Crippen LogP contribution is 2.57. The van der Waals surface area contributed by atoms with Crippen molar-refractivity contribution in [3.05, 3.63) is 58.9 Å². The van der Waals surface area contributed by atoms with Crippen LogP contribution in [0.25, 0.3) is 11.0 Å². The molecule has 0 saturated heterocycles. The van der Waals surface area contributed by atoms with Gasteiger partial charge >= 0.3 is 0 Å². The van der Waals surface area contributed by atoms with Crippen LogP contribution in [0.15, 0.2) is 30.3 Å². The Kier molecular flexibility index (Phi) is 5.06. The van der Waals surface area contributed by atoms with E-state index in [-0.39, 0.29) is 18.2 Å². The van der Waals surface area contributed by atoms with E-state index in [4.69, 9.17) is 10.7 Å². The lowest BCUT2D eigenvalue weighted by atomic mass is 9.98. The summed E-state index contributed by atoms with van der Waals surface area (Å²) in [6, 6.07) is 7.85. The van der Waals surface area contributed by atoms with Crippen molar-refractivity contribution in [2.24, 2.45) is 5.73 Å². The third-order valence-electron chi connectivity index (χ3n) is 6.57. The summed E-state index contributed by atoms with van der Waals surface area (Å²) >= 11 is 0. The van der Waals surface area contributed by atoms with E-state index >= 15 is 0 Å². The first kappa shape index (κ1) is 22.0. The number of halogens is 2. The van der Waals surface area contributed by atoms with Crippen LogP contribution in [0.4, 0.5) is 14.5 Å². The van der Waals surface area contributed by atoms with Gasteiger partial charge in [-0.15, -0.1) is 0 Å². The third-order valence-corrected chi connectivity index (χ3v) is 7.60. The van der Waals surface area contributed by atoms with Crippen LogP contribution >= 0.6 is 0 Å². The molecule has 1 aliphatic heterocycles. The normalized spacial score (nSPS) is 16.7. The van der Waals surface area contributed by atoms with Gasteiger partial charge in [-0.05, 0) is 48.6 Å². The maximum Gasteiger partial charge on any atom is 0.238 e. The van der Waals surface area contributed by atoms with Gasteiger partial charge < -0.3 is 15.2 Å². The summed E-state index contributed by atoms with van der Waals surface area (Å²) < 4.78 is 53.2. The molecule has 5 rings (SSSR count). The molecule has 1 fully saturated rings. The van der Waals surface area contributed by atoms with Crippen molar-refractivity contribution in [2.45, 2.75) is 44.3 Å². The molecule has 1 aliphatic carbocycles. The van der Waals surface area contributed by atoms with Gasteiger partial charge in [0, 0.05) is 25.4 Å². The number of nitrogens with two attached hydrogens (primary N) is 1. The van der Waals surface area contributed by atoms with E-state index in [0.717, 1.165) is 23.2 Å². The van der Waals surface area contributed by atoms with Crippen molar-refractivity contribution in [3.8, 4) is 0 Å². The lowest BCUT2D eigenvalue weighted by Crippen LogP contribution is -2.32. The van der Waals surface area contributed by atoms with Crippen LogP contribution in [-0.4, -0.2) is 35.9 Å². The number of carbonyl (C=O) groups excluding carboxylic acids is 1. The van der Waals surface area contributed by atoms with Crippen molar-refractivity contribution in [2.75, 3.05) is 16.9 Å². The highest BCUT2D eigenvalue weighted by Gasteiger charge is 2.59. The van der Waals surface area contributed by atoms with Gasteiger partial charge in [-0.1, -0.05) is 6.07 Å². The Morgan fingerprint density at radius 2 is 1.88 bits per heavy atom. The third kappa shape index (κ3) is 3.71. The van der Waals surface area contributed by atoms with E-state index in [2.05, 4.69) is 0 Å². The molecule has 1 amide bonds. The van der Waals surface area contributed by atoms with Crippen LogP contribution in [0.2, 0.25) is 0 Å². The van der Waals surface area contributed by atoms with Gasteiger partial charge in [-0.25, -0.2) is 22.2 Å². The van der Waals surface area contributed by atoms with Crippen LogP contribution in [0.5, 0.6) is 0 Å². The Bertz CT molecular complexity index is 1400.